The quantitative estimate of drug-likeness (QED) is 0.452. The van der Waals surface area contributed by atoms with Gasteiger partial charge in [-0.25, -0.2) is 4.57 Å². The zero-order valence-corrected chi connectivity index (χ0v) is 14.9. The van der Waals surface area contributed by atoms with Crippen LogP contribution in [0.25, 0.3) is 11.1 Å². The number of rotatable bonds is 12. The highest BCUT2D eigenvalue weighted by Crippen LogP contribution is 2.16. The second-order valence-electron chi connectivity index (χ2n) is 6.53. The lowest BCUT2D eigenvalue weighted by Gasteiger charge is -2.02. The Kier molecular flexibility index (Phi) is 8.67. The lowest BCUT2D eigenvalue weighted by molar-refractivity contribution is -0.697. The summed E-state index contributed by atoms with van der Waals surface area (Å²) in [7, 11) is 0. The molecule has 1 N–H and O–H groups in total. The number of carboxylic acid groups (broad SMARTS) is 1. The Bertz CT molecular complexity index is 612. The molecule has 0 aliphatic heterocycles. The number of nitrogens with zero attached hydrogens (tertiary/aromatic N) is 2. The van der Waals surface area contributed by atoms with Crippen LogP contribution in [0.3, 0.4) is 0 Å². The molecule has 25 heavy (non-hydrogen) atoms. The minimum absolute atomic E-state index is 0.317. The molecule has 0 fully saturated rings. The molecule has 4 nitrogen and oxygen atoms in total. The Hall–Kier alpha value is -2.23. The molecule has 0 radical (unpaired) electrons. The Labute approximate surface area is 150 Å². The van der Waals surface area contributed by atoms with Crippen LogP contribution in [-0.4, -0.2) is 16.1 Å². The van der Waals surface area contributed by atoms with Crippen molar-refractivity contribution in [2.24, 2.45) is 0 Å². The van der Waals surface area contributed by atoms with Gasteiger partial charge in [0.1, 0.15) is 6.54 Å². The molecule has 0 bridgehead atoms. The van der Waals surface area contributed by atoms with Gasteiger partial charge < -0.3 is 5.11 Å². The van der Waals surface area contributed by atoms with Crippen LogP contribution in [0.5, 0.6) is 0 Å². The minimum Gasteiger partial charge on any atom is -0.481 e. The Morgan fingerprint density at radius 3 is 1.92 bits per heavy atom. The van der Waals surface area contributed by atoms with Gasteiger partial charge in [-0.05, 0) is 36.1 Å². The fraction of sp³-hybridized carbons (Fsp3) is 0.476. The van der Waals surface area contributed by atoms with E-state index in [4.69, 9.17) is 5.11 Å². The van der Waals surface area contributed by atoms with E-state index in [2.05, 4.69) is 34.1 Å². The van der Waals surface area contributed by atoms with Gasteiger partial charge in [0.2, 0.25) is 0 Å². The zero-order valence-electron chi connectivity index (χ0n) is 14.9. The van der Waals surface area contributed by atoms with Gasteiger partial charge in [0, 0.05) is 37.4 Å². The van der Waals surface area contributed by atoms with Crippen molar-refractivity contribution in [1.29, 1.82) is 0 Å². The number of carboxylic acids is 1. The molecule has 0 atom stereocenters. The van der Waals surface area contributed by atoms with E-state index >= 15 is 0 Å². The number of aryl methyl sites for hydroxylation is 1. The topological polar surface area (TPSA) is 54.1 Å². The number of aromatic nitrogens is 2. The van der Waals surface area contributed by atoms with Crippen LogP contribution < -0.4 is 4.57 Å². The lowest BCUT2D eigenvalue weighted by atomic mass is 10.1. The number of hydrogen-bond donors (Lipinski definition) is 1. The first-order valence-electron chi connectivity index (χ1n) is 9.37. The van der Waals surface area contributed by atoms with Crippen LogP contribution >= 0.6 is 0 Å². The Morgan fingerprint density at radius 2 is 1.32 bits per heavy atom. The maximum atomic E-state index is 10.4. The number of aliphatic carboxylic acids is 1. The summed E-state index contributed by atoms with van der Waals surface area (Å²) in [5.74, 6) is -0.675. The van der Waals surface area contributed by atoms with Crippen molar-refractivity contribution in [1.82, 2.24) is 4.98 Å². The summed E-state index contributed by atoms with van der Waals surface area (Å²) in [6, 6.07) is 8.38. The summed E-state index contributed by atoms with van der Waals surface area (Å²) < 4.78 is 2.25. The lowest BCUT2D eigenvalue weighted by Crippen LogP contribution is -2.32. The average molecular weight is 341 g/mol. The molecular formula is C21H29N2O2+. The molecule has 0 aliphatic rings. The molecular weight excluding hydrogens is 312 g/mol. The van der Waals surface area contributed by atoms with Gasteiger partial charge in [-0.1, -0.05) is 32.1 Å². The highest BCUT2D eigenvalue weighted by Gasteiger charge is 2.03. The highest BCUT2D eigenvalue weighted by atomic mass is 16.4. The van der Waals surface area contributed by atoms with E-state index in [0.717, 1.165) is 19.4 Å². The molecule has 0 saturated heterocycles. The van der Waals surface area contributed by atoms with Crippen LogP contribution in [0.4, 0.5) is 0 Å². The van der Waals surface area contributed by atoms with E-state index in [9.17, 15) is 4.79 Å². The summed E-state index contributed by atoms with van der Waals surface area (Å²) in [5, 5.41) is 8.58. The van der Waals surface area contributed by atoms with E-state index in [1.807, 2.05) is 24.5 Å². The largest absolute Gasteiger partial charge is 0.481 e. The predicted molar refractivity (Wildman–Crippen MR) is 99.1 cm³/mol. The third-order valence-electron chi connectivity index (χ3n) is 4.46. The molecule has 2 aromatic rings. The minimum atomic E-state index is -0.675. The summed E-state index contributed by atoms with van der Waals surface area (Å²) in [6.07, 6.45) is 17.5. The van der Waals surface area contributed by atoms with Crippen molar-refractivity contribution < 1.29 is 14.5 Å². The number of pyridine rings is 2. The maximum absolute atomic E-state index is 10.4. The van der Waals surface area contributed by atoms with E-state index < -0.39 is 5.97 Å². The first kappa shape index (κ1) is 19.1. The van der Waals surface area contributed by atoms with Gasteiger partial charge in [0.15, 0.2) is 12.4 Å². The summed E-state index contributed by atoms with van der Waals surface area (Å²) in [4.78, 5) is 14.5. The molecule has 0 spiro atoms. The number of carbonyl (C=O) groups is 1. The molecule has 0 amide bonds. The van der Waals surface area contributed by atoms with Crippen molar-refractivity contribution in [3.8, 4) is 11.1 Å². The monoisotopic (exact) mass is 341 g/mol. The van der Waals surface area contributed by atoms with Crippen LogP contribution in [0.1, 0.15) is 57.8 Å². The van der Waals surface area contributed by atoms with Gasteiger partial charge in [0.05, 0.1) is 0 Å². The highest BCUT2D eigenvalue weighted by molar-refractivity contribution is 5.66. The van der Waals surface area contributed by atoms with Gasteiger partial charge in [-0.3, -0.25) is 9.78 Å². The average Bonchev–Trinajstić information content (AvgIpc) is 2.64. The second-order valence-corrected chi connectivity index (χ2v) is 6.53. The second kappa shape index (κ2) is 11.3. The molecule has 0 saturated carbocycles. The maximum Gasteiger partial charge on any atom is 0.303 e. The van der Waals surface area contributed by atoms with Crippen molar-refractivity contribution in [3.63, 3.8) is 0 Å². The van der Waals surface area contributed by atoms with E-state index in [1.54, 1.807) is 0 Å². The van der Waals surface area contributed by atoms with E-state index in [-0.39, 0.29) is 0 Å². The van der Waals surface area contributed by atoms with Crippen LogP contribution in [0, 0.1) is 0 Å². The van der Waals surface area contributed by atoms with Gasteiger partial charge in [0.25, 0.3) is 0 Å². The molecule has 2 aromatic heterocycles. The first-order valence-corrected chi connectivity index (χ1v) is 9.37. The predicted octanol–water partition coefficient (Wildman–Crippen LogP) is 4.63. The molecule has 4 heteroatoms. The molecule has 0 aromatic carbocycles. The van der Waals surface area contributed by atoms with Gasteiger partial charge in [-0.15, -0.1) is 0 Å². The molecule has 134 valence electrons. The molecule has 2 rings (SSSR count). The zero-order chi connectivity index (χ0) is 17.7. The summed E-state index contributed by atoms with van der Waals surface area (Å²) in [5.41, 5.74) is 2.42. The van der Waals surface area contributed by atoms with Crippen molar-refractivity contribution >= 4 is 5.97 Å². The van der Waals surface area contributed by atoms with Crippen LogP contribution in [0.2, 0.25) is 0 Å². The first-order chi connectivity index (χ1) is 12.3. The number of unbranched alkanes of at least 4 members (excludes halogenated alkanes) is 7. The Morgan fingerprint density at radius 1 is 0.800 bits per heavy atom. The van der Waals surface area contributed by atoms with E-state index in [1.165, 1.54) is 49.7 Å². The van der Waals surface area contributed by atoms with Crippen LogP contribution in [-0.2, 0) is 11.3 Å². The van der Waals surface area contributed by atoms with Crippen LogP contribution in [0.15, 0.2) is 49.1 Å². The molecule has 2 heterocycles. The van der Waals surface area contributed by atoms with Crippen molar-refractivity contribution in [2.75, 3.05) is 0 Å². The summed E-state index contributed by atoms with van der Waals surface area (Å²) >= 11 is 0. The van der Waals surface area contributed by atoms with Gasteiger partial charge in [-0.2, -0.15) is 0 Å². The summed E-state index contributed by atoms with van der Waals surface area (Å²) in [6.45, 7) is 1.06. The third kappa shape index (κ3) is 7.92. The smallest absolute Gasteiger partial charge is 0.303 e. The molecule has 0 unspecified atom stereocenters. The van der Waals surface area contributed by atoms with Crippen molar-refractivity contribution in [2.45, 2.75) is 64.3 Å². The third-order valence-corrected chi connectivity index (χ3v) is 4.46. The standard InChI is InChI=1S/C21H28N2O2/c24-21(25)9-7-5-3-1-2-4-6-8-16-23-17-12-20(13-18-23)19-10-14-22-15-11-19/h10-15,17-18H,1-9,16H2/p+1. The SMILES string of the molecule is O=C(O)CCCCCCCCCC[n+]1ccc(-c2ccncc2)cc1. The van der Waals surface area contributed by atoms with E-state index in [0.29, 0.717) is 6.42 Å². The normalized spacial score (nSPS) is 10.7. The fourth-order valence-corrected chi connectivity index (χ4v) is 2.97. The van der Waals surface area contributed by atoms with Crippen molar-refractivity contribution in [3.05, 3.63) is 49.1 Å². The Balaban J connectivity index is 1.53. The fourth-order valence-electron chi connectivity index (χ4n) is 2.97. The number of hydrogen-bond acceptors (Lipinski definition) is 2. The van der Waals surface area contributed by atoms with Gasteiger partial charge >= 0.3 is 5.97 Å². The molecule has 0 aliphatic carbocycles.